The van der Waals surface area contributed by atoms with Crippen molar-refractivity contribution >= 4 is 21.7 Å². The van der Waals surface area contributed by atoms with Crippen LogP contribution in [-0.4, -0.2) is 50.4 Å². The first-order chi connectivity index (χ1) is 15.6. The molecule has 1 heterocycles. The Hall–Kier alpha value is -2.58. The van der Waals surface area contributed by atoms with Crippen LogP contribution in [0, 0.1) is 24.6 Å². The molecule has 2 aromatic rings. The average molecular weight is 475 g/mol. The maximum absolute atomic E-state index is 14.7. The highest BCUT2D eigenvalue weighted by molar-refractivity contribution is 7.89. The quantitative estimate of drug-likeness (QED) is 0.590. The highest BCUT2D eigenvalue weighted by atomic mass is 32.2. The number of piperidine rings is 1. The van der Waals surface area contributed by atoms with E-state index in [1.165, 1.54) is 6.07 Å². The number of carbonyl (C=O) groups excluding carboxylic acids is 2. The summed E-state index contributed by atoms with van der Waals surface area (Å²) >= 11 is 0. The second-order valence-corrected chi connectivity index (χ2v) is 10.8. The fourth-order valence-electron chi connectivity index (χ4n) is 4.18. The number of ketones is 1. The topological polar surface area (TPSA) is 83.6 Å². The van der Waals surface area contributed by atoms with E-state index in [9.17, 15) is 22.4 Å². The smallest absolute Gasteiger partial charge is 0.225 e. The number of hydrogen-bond donors (Lipinski definition) is 1. The lowest BCUT2D eigenvalue weighted by Gasteiger charge is -2.33. The zero-order valence-electron chi connectivity index (χ0n) is 19.3. The maximum atomic E-state index is 14.7. The van der Waals surface area contributed by atoms with E-state index in [0.29, 0.717) is 30.6 Å². The van der Waals surface area contributed by atoms with E-state index in [-0.39, 0.29) is 29.1 Å². The van der Waals surface area contributed by atoms with E-state index < -0.39 is 28.2 Å². The van der Waals surface area contributed by atoms with Gasteiger partial charge in [0.1, 0.15) is 5.82 Å². The minimum Gasteiger partial charge on any atom is -0.342 e. The minimum atomic E-state index is -3.77. The van der Waals surface area contributed by atoms with Crippen LogP contribution < -0.4 is 4.72 Å². The lowest BCUT2D eigenvalue weighted by Crippen LogP contribution is -2.45. The molecule has 1 atom stereocenters. The van der Waals surface area contributed by atoms with Crippen molar-refractivity contribution < 1.29 is 22.4 Å². The predicted octanol–water partition coefficient (Wildman–Crippen LogP) is 3.80. The van der Waals surface area contributed by atoms with Gasteiger partial charge in [-0.25, -0.2) is 17.5 Å². The molecule has 178 valence electrons. The van der Waals surface area contributed by atoms with Gasteiger partial charge in [-0.05, 0) is 54.5 Å². The summed E-state index contributed by atoms with van der Waals surface area (Å²) in [4.78, 5) is 26.7. The SMILES string of the molecule is Cc1cc(-c2ccccc2)cc(C(=O)CNS(=O)(=O)CC2CCCN(C(=O)C(C)C)C2)c1F. The van der Waals surface area contributed by atoms with Gasteiger partial charge < -0.3 is 4.90 Å². The van der Waals surface area contributed by atoms with Crippen molar-refractivity contribution in [3.8, 4) is 11.1 Å². The van der Waals surface area contributed by atoms with Crippen LogP contribution >= 0.6 is 0 Å². The summed E-state index contributed by atoms with van der Waals surface area (Å²) in [5, 5.41) is 0. The Kier molecular flexibility index (Phi) is 8.02. The van der Waals surface area contributed by atoms with E-state index in [0.717, 1.165) is 12.0 Å². The first kappa shape index (κ1) is 25.1. The number of rotatable bonds is 8. The highest BCUT2D eigenvalue weighted by Crippen LogP contribution is 2.25. The van der Waals surface area contributed by atoms with Gasteiger partial charge in [-0.3, -0.25) is 9.59 Å². The number of hydrogen-bond acceptors (Lipinski definition) is 4. The molecule has 3 rings (SSSR count). The van der Waals surface area contributed by atoms with E-state index >= 15 is 0 Å². The van der Waals surface area contributed by atoms with Crippen molar-refractivity contribution in [1.29, 1.82) is 0 Å². The predicted molar refractivity (Wildman–Crippen MR) is 127 cm³/mol. The van der Waals surface area contributed by atoms with Gasteiger partial charge in [0.2, 0.25) is 15.9 Å². The summed E-state index contributed by atoms with van der Waals surface area (Å²) in [7, 11) is -3.77. The average Bonchev–Trinajstić information content (AvgIpc) is 2.79. The maximum Gasteiger partial charge on any atom is 0.225 e. The van der Waals surface area contributed by atoms with Crippen LogP contribution in [0.15, 0.2) is 42.5 Å². The molecule has 8 heteroatoms. The van der Waals surface area contributed by atoms with Crippen LogP contribution in [0.4, 0.5) is 4.39 Å². The Labute approximate surface area is 195 Å². The second-order valence-electron chi connectivity index (χ2n) is 8.99. The molecular weight excluding hydrogens is 443 g/mol. The number of aryl methyl sites for hydroxylation is 1. The highest BCUT2D eigenvalue weighted by Gasteiger charge is 2.29. The molecule has 1 unspecified atom stereocenters. The number of halogens is 1. The Bertz CT molecular complexity index is 1120. The van der Waals surface area contributed by atoms with Gasteiger partial charge >= 0.3 is 0 Å². The number of benzene rings is 2. The lowest BCUT2D eigenvalue weighted by atomic mass is 9.98. The van der Waals surface area contributed by atoms with Crippen molar-refractivity contribution in [2.45, 2.75) is 33.6 Å². The third-order valence-electron chi connectivity index (χ3n) is 5.89. The summed E-state index contributed by atoms with van der Waals surface area (Å²) in [6.45, 7) is 5.73. The summed E-state index contributed by atoms with van der Waals surface area (Å²) in [5.41, 5.74) is 1.72. The third-order valence-corrected chi connectivity index (χ3v) is 7.39. The Morgan fingerprint density at radius 2 is 1.85 bits per heavy atom. The minimum absolute atomic E-state index is 0.0179. The van der Waals surface area contributed by atoms with Crippen LogP contribution in [0.25, 0.3) is 11.1 Å². The van der Waals surface area contributed by atoms with Crippen molar-refractivity contribution in [2.75, 3.05) is 25.4 Å². The van der Waals surface area contributed by atoms with Gasteiger partial charge in [-0.1, -0.05) is 44.2 Å². The second kappa shape index (κ2) is 10.6. The van der Waals surface area contributed by atoms with E-state index in [4.69, 9.17) is 0 Å². The van der Waals surface area contributed by atoms with Crippen LogP contribution in [0.2, 0.25) is 0 Å². The lowest BCUT2D eigenvalue weighted by molar-refractivity contribution is -0.136. The van der Waals surface area contributed by atoms with E-state index in [2.05, 4.69) is 4.72 Å². The monoisotopic (exact) mass is 474 g/mol. The van der Waals surface area contributed by atoms with Gasteiger partial charge in [0.05, 0.1) is 17.9 Å². The number of nitrogens with one attached hydrogen (secondary N) is 1. The molecule has 1 amide bonds. The largest absolute Gasteiger partial charge is 0.342 e. The molecule has 1 saturated heterocycles. The molecule has 1 aliphatic heterocycles. The van der Waals surface area contributed by atoms with Crippen LogP contribution in [0.3, 0.4) is 0 Å². The number of Topliss-reactive ketones (excluding diaryl/α,β-unsaturated/α-hetero) is 1. The van der Waals surface area contributed by atoms with Gasteiger partial charge in [0.15, 0.2) is 5.78 Å². The molecule has 2 aromatic carbocycles. The molecule has 0 bridgehead atoms. The standard InChI is InChI=1S/C25H31FN2O4S/c1-17(2)25(30)28-11-7-8-19(15-28)16-33(31,32)27-14-23(29)22-13-21(12-18(3)24(22)26)20-9-5-4-6-10-20/h4-6,9-10,12-13,17,19,27H,7-8,11,14-16H2,1-3H3. The molecule has 0 spiro atoms. The van der Waals surface area contributed by atoms with Crippen LogP contribution in [-0.2, 0) is 14.8 Å². The van der Waals surface area contributed by atoms with Crippen molar-refractivity contribution in [1.82, 2.24) is 9.62 Å². The van der Waals surface area contributed by atoms with Gasteiger partial charge in [-0.15, -0.1) is 0 Å². The summed E-state index contributed by atoms with van der Waals surface area (Å²) in [5.74, 6) is -1.76. The molecule has 1 fully saturated rings. The van der Waals surface area contributed by atoms with Gasteiger partial charge in [-0.2, -0.15) is 0 Å². The van der Waals surface area contributed by atoms with Crippen LogP contribution in [0.1, 0.15) is 42.6 Å². The van der Waals surface area contributed by atoms with Gasteiger partial charge in [0, 0.05) is 19.0 Å². The number of carbonyl (C=O) groups is 2. The first-order valence-corrected chi connectivity index (χ1v) is 12.9. The summed E-state index contributed by atoms with van der Waals surface area (Å²) in [6, 6.07) is 12.4. The fraction of sp³-hybridized carbons (Fsp3) is 0.440. The number of likely N-dealkylation sites (tertiary alicyclic amines) is 1. The summed E-state index contributed by atoms with van der Waals surface area (Å²) < 4.78 is 42.3. The third kappa shape index (κ3) is 6.48. The molecule has 6 nitrogen and oxygen atoms in total. The normalized spacial score (nSPS) is 16.8. The van der Waals surface area contributed by atoms with Crippen LogP contribution in [0.5, 0.6) is 0 Å². The molecule has 1 aliphatic rings. The molecule has 1 N–H and O–H groups in total. The number of sulfonamides is 1. The summed E-state index contributed by atoms with van der Waals surface area (Å²) in [6.07, 6.45) is 1.44. The number of nitrogens with zero attached hydrogens (tertiary/aromatic N) is 1. The Morgan fingerprint density at radius 3 is 2.52 bits per heavy atom. The number of amides is 1. The zero-order valence-corrected chi connectivity index (χ0v) is 20.1. The van der Waals surface area contributed by atoms with E-state index in [1.54, 1.807) is 17.9 Å². The first-order valence-electron chi connectivity index (χ1n) is 11.2. The molecule has 0 aliphatic carbocycles. The van der Waals surface area contributed by atoms with Gasteiger partial charge in [0.25, 0.3) is 0 Å². The fourth-order valence-corrected chi connectivity index (χ4v) is 5.54. The van der Waals surface area contributed by atoms with Crippen molar-refractivity contribution in [2.24, 2.45) is 11.8 Å². The Balaban J connectivity index is 1.66. The van der Waals surface area contributed by atoms with Crippen molar-refractivity contribution in [3.05, 3.63) is 59.4 Å². The molecule has 33 heavy (non-hydrogen) atoms. The Morgan fingerprint density at radius 1 is 1.15 bits per heavy atom. The molecule has 0 radical (unpaired) electrons. The molecule has 0 saturated carbocycles. The van der Waals surface area contributed by atoms with E-state index in [1.807, 2.05) is 44.2 Å². The zero-order chi connectivity index (χ0) is 24.2. The van der Waals surface area contributed by atoms with Crippen molar-refractivity contribution in [3.63, 3.8) is 0 Å². The molecule has 0 aromatic heterocycles. The molecular formula is C25H31FN2O4S.